The molecule has 21 heavy (non-hydrogen) atoms. The molecule has 0 radical (unpaired) electrons. The number of hydrogen-bond acceptors (Lipinski definition) is 5. The van der Waals surface area contributed by atoms with Crippen molar-refractivity contribution in [2.45, 2.75) is 24.3 Å². The fraction of sp³-hybridized carbons (Fsp3) is 0.308. The molecule has 2 amide bonds. The third kappa shape index (κ3) is 2.94. The molecule has 110 valence electrons. The van der Waals surface area contributed by atoms with Gasteiger partial charge in [0.05, 0.1) is 23.9 Å². The molecule has 0 aliphatic carbocycles. The Labute approximate surface area is 122 Å². The van der Waals surface area contributed by atoms with E-state index in [0.29, 0.717) is 5.56 Å². The van der Waals surface area contributed by atoms with Crippen LogP contribution in [-0.2, 0) is 26.0 Å². The molecular weight excluding hydrogens is 294 g/mol. The summed E-state index contributed by atoms with van der Waals surface area (Å²) in [6, 6.07) is 6.82. The molecule has 1 atom stereocenters. The van der Waals surface area contributed by atoms with Gasteiger partial charge in [0.1, 0.15) is 6.04 Å². The maximum absolute atomic E-state index is 12.5. The second kappa shape index (κ2) is 5.63. The fourth-order valence-electron chi connectivity index (χ4n) is 1.99. The number of hydrogen-bond donors (Lipinski definition) is 1. The van der Waals surface area contributed by atoms with E-state index in [2.05, 4.69) is 5.32 Å². The molecule has 1 heterocycles. The van der Waals surface area contributed by atoms with Crippen LogP contribution in [-0.4, -0.2) is 37.1 Å². The highest BCUT2D eigenvalue weighted by atomic mass is 32.2. The summed E-state index contributed by atoms with van der Waals surface area (Å²) in [6.45, 7) is 1.03. The molecule has 1 aromatic rings. The zero-order chi connectivity index (χ0) is 15.6. The Balaban J connectivity index is 2.34. The summed E-state index contributed by atoms with van der Waals surface area (Å²) >= 11 is 0. The van der Waals surface area contributed by atoms with E-state index in [4.69, 9.17) is 5.26 Å². The predicted molar refractivity (Wildman–Crippen MR) is 72.3 cm³/mol. The largest absolute Gasteiger partial charge is 0.294 e. The van der Waals surface area contributed by atoms with Crippen molar-refractivity contribution in [3.63, 3.8) is 0 Å². The number of carbonyl (C=O) groups excluding carboxylic acids is 2. The van der Waals surface area contributed by atoms with E-state index in [-0.39, 0.29) is 11.3 Å². The number of rotatable bonds is 3. The third-order valence-electron chi connectivity index (χ3n) is 3.19. The SMILES string of the molecule is CC1C(=O)NC(=O)CN1S(=O)(=O)c1ccc(CC#N)cc1. The average molecular weight is 307 g/mol. The molecule has 7 nitrogen and oxygen atoms in total. The van der Waals surface area contributed by atoms with Gasteiger partial charge in [0.2, 0.25) is 21.8 Å². The van der Waals surface area contributed by atoms with Crippen molar-refractivity contribution >= 4 is 21.8 Å². The number of sulfonamides is 1. The summed E-state index contributed by atoms with van der Waals surface area (Å²) in [4.78, 5) is 22.9. The van der Waals surface area contributed by atoms with Crippen molar-refractivity contribution in [1.29, 1.82) is 5.26 Å². The van der Waals surface area contributed by atoms with Crippen molar-refractivity contribution in [3.05, 3.63) is 29.8 Å². The number of nitrogens with one attached hydrogen (secondary N) is 1. The normalized spacial score (nSPS) is 19.9. The van der Waals surface area contributed by atoms with Gasteiger partial charge in [-0.2, -0.15) is 9.57 Å². The molecular formula is C13H13N3O4S. The topological polar surface area (TPSA) is 107 Å². The van der Waals surface area contributed by atoms with Crippen molar-refractivity contribution in [1.82, 2.24) is 9.62 Å². The molecule has 1 fully saturated rings. The van der Waals surface area contributed by atoms with Gasteiger partial charge in [-0.3, -0.25) is 14.9 Å². The van der Waals surface area contributed by atoms with Crippen molar-refractivity contribution in [3.8, 4) is 6.07 Å². The van der Waals surface area contributed by atoms with Gasteiger partial charge in [0.15, 0.2) is 0 Å². The van der Waals surface area contributed by atoms with Crippen LogP contribution in [0.4, 0.5) is 0 Å². The number of amides is 2. The highest BCUT2D eigenvalue weighted by Crippen LogP contribution is 2.20. The molecule has 1 unspecified atom stereocenters. The van der Waals surface area contributed by atoms with E-state index in [1.54, 1.807) is 0 Å². The Morgan fingerprint density at radius 3 is 2.52 bits per heavy atom. The number of carbonyl (C=O) groups is 2. The molecule has 2 rings (SSSR count). The molecule has 0 spiro atoms. The first-order chi connectivity index (χ1) is 9.86. The van der Waals surface area contributed by atoms with E-state index in [1.807, 2.05) is 6.07 Å². The highest BCUT2D eigenvalue weighted by molar-refractivity contribution is 7.89. The van der Waals surface area contributed by atoms with Crippen molar-refractivity contribution < 1.29 is 18.0 Å². The van der Waals surface area contributed by atoms with Gasteiger partial charge in [0, 0.05) is 0 Å². The first-order valence-corrected chi connectivity index (χ1v) is 7.61. The van der Waals surface area contributed by atoms with Crippen LogP contribution in [0.3, 0.4) is 0 Å². The molecule has 1 N–H and O–H groups in total. The van der Waals surface area contributed by atoms with E-state index < -0.39 is 34.4 Å². The number of nitriles is 1. The molecule has 0 bridgehead atoms. The Morgan fingerprint density at radius 1 is 1.33 bits per heavy atom. The zero-order valence-electron chi connectivity index (χ0n) is 11.2. The summed E-state index contributed by atoms with van der Waals surface area (Å²) in [5.74, 6) is -1.29. The Bertz CT molecular complexity index is 719. The van der Waals surface area contributed by atoms with Crippen molar-refractivity contribution in [2.75, 3.05) is 6.54 Å². The van der Waals surface area contributed by atoms with Gasteiger partial charge in [-0.25, -0.2) is 8.42 Å². The Morgan fingerprint density at radius 2 is 1.95 bits per heavy atom. The van der Waals surface area contributed by atoms with Gasteiger partial charge >= 0.3 is 0 Å². The summed E-state index contributed by atoms with van der Waals surface area (Å²) in [5.41, 5.74) is 0.692. The molecule has 8 heteroatoms. The number of piperazine rings is 1. The molecule has 1 aromatic carbocycles. The van der Waals surface area contributed by atoms with Crippen LogP contribution in [0.1, 0.15) is 12.5 Å². The predicted octanol–water partition coefficient (Wildman–Crippen LogP) is -0.212. The molecule has 1 saturated heterocycles. The Kier molecular flexibility index (Phi) is 4.06. The van der Waals surface area contributed by atoms with Crippen molar-refractivity contribution in [2.24, 2.45) is 0 Å². The van der Waals surface area contributed by atoms with Crippen LogP contribution in [0, 0.1) is 11.3 Å². The molecule has 1 aliphatic rings. The third-order valence-corrected chi connectivity index (χ3v) is 5.12. The monoisotopic (exact) mass is 307 g/mol. The van der Waals surface area contributed by atoms with Crippen LogP contribution in [0.25, 0.3) is 0 Å². The van der Waals surface area contributed by atoms with E-state index in [9.17, 15) is 18.0 Å². The minimum Gasteiger partial charge on any atom is -0.294 e. The lowest BCUT2D eigenvalue weighted by Crippen LogP contribution is -2.58. The average Bonchev–Trinajstić information content (AvgIpc) is 2.43. The van der Waals surface area contributed by atoms with Gasteiger partial charge in [-0.05, 0) is 24.6 Å². The van der Waals surface area contributed by atoms with Crippen LogP contribution >= 0.6 is 0 Å². The minimum atomic E-state index is -3.94. The highest BCUT2D eigenvalue weighted by Gasteiger charge is 2.38. The minimum absolute atomic E-state index is 0.0152. The first kappa shape index (κ1) is 15.2. The summed E-state index contributed by atoms with van der Waals surface area (Å²) in [6.07, 6.45) is 0.182. The molecule has 0 aromatic heterocycles. The fourth-order valence-corrected chi connectivity index (χ4v) is 3.54. The summed E-state index contributed by atoms with van der Waals surface area (Å²) in [7, 11) is -3.94. The summed E-state index contributed by atoms with van der Waals surface area (Å²) < 4.78 is 25.8. The van der Waals surface area contributed by atoms with E-state index in [0.717, 1.165) is 4.31 Å². The van der Waals surface area contributed by atoms with Gasteiger partial charge < -0.3 is 0 Å². The van der Waals surface area contributed by atoms with Crippen LogP contribution in [0.5, 0.6) is 0 Å². The maximum atomic E-state index is 12.5. The number of nitrogens with zero attached hydrogens (tertiary/aromatic N) is 2. The standard InChI is InChI=1S/C13H13N3O4S/c1-9-13(18)15-12(17)8-16(9)21(19,20)11-4-2-10(3-5-11)6-7-14/h2-5,9H,6,8H2,1H3,(H,15,17,18). The second-order valence-corrected chi connectivity index (χ2v) is 6.51. The number of imide groups is 1. The van der Waals surface area contributed by atoms with Crippen LogP contribution in [0.15, 0.2) is 29.2 Å². The van der Waals surface area contributed by atoms with Gasteiger partial charge in [0.25, 0.3) is 0 Å². The smallest absolute Gasteiger partial charge is 0.244 e. The second-order valence-electron chi connectivity index (χ2n) is 4.62. The first-order valence-electron chi connectivity index (χ1n) is 6.17. The molecule has 0 saturated carbocycles. The van der Waals surface area contributed by atoms with E-state index in [1.165, 1.54) is 31.2 Å². The van der Waals surface area contributed by atoms with Gasteiger partial charge in [-0.1, -0.05) is 12.1 Å². The lowest BCUT2D eigenvalue weighted by atomic mass is 10.2. The Hall–Kier alpha value is -2.24. The van der Waals surface area contributed by atoms with Crippen LogP contribution in [0.2, 0.25) is 0 Å². The molecule has 1 aliphatic heterocycles. The quantitative estimate of drug-likeness (QED) is 0.777. The maximum Gasteiger partial charge on any atom is 0.244 e. The number of benzene rings is 1. The van der Waals surface area contributed by atoms with Crippen LogP contribution < -0.4 is 5.32 Å². The van der Waals surface area contributed by atoms with E-state index >= 15 is 0 Å². The summed E-state index contributed by atoms with van der Waals surface area (Å²) in [5, 5.41) is 10.7. The lowest BCUT2D eigenvalue weighted by Gasteiger charge is -2.30. The lowest BCUT2D eigenvalue weighted by molar-refractivity contribution is -0.136. The zero-order valence-corrected chi connectivity index (χ0v) is 12.1. The van der Waals surface area contributed by atoms with Gasteiger partial charge in [-0.15, -0.1) is 0 Å².